The van der Waals surface area contributed by atoms with Crippen molar-refractivity contribution in [3.05, 3.63) is 22.4 Å². The van der Waals surface area contributed by atoms with Crippen molar-refractivity contribution in [1.29, 1.82) is 5.26 Å². The van der Waals surface area contributed by atoms with Crippen LogP contribution in [0.25, 0.3) is 0 Å². The van der Waals surface area contributed by atoms with Crippen molar-refractivity contribution >= 4 is 17.6 Å². The lowest BCUT2D eigenvalue weighted by Crippen LogP contribution is -2.36. The molecule has 1 N–H and O–H groups in total. The predicted octanol–water partition coefficient (Wildman–Crippen LogP) is 4.91. The highest BCUT2D eigenvalue weighted by molar-refractivity contribution is 7.99. The monoisotopic (exact) mass is 360 g/mol. The van der Waals surface area contributed by atoms with Crippen LogP contribution in [0.2, 0.25) is 0 Å². The highest BCUT2D eigenvalue weighted by Crippen LogP contribution is 2.41. The summed E-state index contributed by atoms with van der Waals surface area (Å²) in [6.07, 6.45) is 6.67. The smallest absolute Gasteiger partial charge is 0.261 e. The van der Waals surface area contributed by atoms with Crippen LogP contribution >= 0.6 is 11.8 Å². The molecule has 2 heterocycles. The Bertz CT molecular complexity index is 625. The molecule has 0 fully saturated rings. The minimum absolute atomic E-state index is 0.208. The number of hydrogen-bond donors (Lipinski definition) is 0. The van der Waals surface area contributed by atoms with E-state index in [-0.39, 0.29) is 4.75 Å². The van der Waals surface area contributed by atoms with E-state index >= 15 is 0 Å². The molecule has 138 valence electrons. The Balaban J connectivity index is 2.60. The second kappa shape index (κ2) is 8.94. The molecule has 0 radical (unpaired) electrons. The lowest BCUT2D eigenvalue weighted by molar-refractivity contribution is -0.377. The number of H-pyrrole nitrogens is 1. The van der Waals surface area contributed by atoms with E-state index in [2.05, 4.69) is 50.6 Å². The molecule has 1 aliphatic heterocycles. The van der Waals surface area contributed by atoms with Gasteiger partial charge in [-0.2, -0.15) is 17.0 Å². The van der Waals surface area contributed by atoms with Crippen molar-refractivity contribution in [1.82, 2.24) is 0 Å². The number of aromatic amines is 1. The maximum absolute atomic E-state index is 9.99. The second-order valence-electron chi connectivity index (χ2n) is 7.71. The van der Waals surface area contributed by atoms with E-state index in [0.717, 1.165) is 55.9 Å². The van der Waals surface area contributed by atoms with Gasteiger partial charge < -0.3 is 0 Å². The van der Waals surface area contributed by atoms with Crippen molar-refractivity contribution in [3.8, 4) is 6.07 Å². The van der Waals surface area contributed by atoms with Gasteiger partial charge in [0.1, 0.15) is 17.3 Å². The molecule has 0 saturated carbocycles. The van der Waals surface area contributed by atoms with Gasteiger partial charge in [0.05, 0.1) is 13.1 Å². The quantitative estimate of drug-likeness (QED) is 0.661. The normalized spacial score (nSPS) is 15.5. The van der Waals surface area contributed by atoms with Gasteiger partial charge >= 0.3 is 0 Å². The molecule has 0 aliphatic carbocycles. The summed E-state index contributed by atoms with van der Waals surface area (Å²) < 4.78 is 0.208. The standard InChI is InChI=1S/C21H33N3S/c1-6-9-10-19-18-15-25-21(4,5)13-16(18)17(14-22)20(23-19)24(11-7-2)12-8-3/h6-13,15H2,1-5H3/p+1. The van der Waals surface area contributed by atoms with Crippen molar-refractivity contribution in [3.63, 3.8) is 0 Å². The summed E-state index contributed by atoms with van der Waals surface area (Å²) in [7, 11) is 0. The maximum atomic E-state index is 9.99. The van der Waals surface area contributed by atoms with Gasteiger partial charge in [0.2, 0.25) is 0 Å². The first-order valence-electron chi connectivity index (χ1n) is 9.86. The molecular formula is C21H34N3S+. The minimum Gasteiger partial charge on any atom is -0.261 e. The summed E-state index contributed by atoms with van der Waals surface area (Å²) in [5.41, 5.74) is 4.98. The molecule has 0 spiro atoms. The molecule has 1 aliphatic rings. The Hall–Kier alpha value is -1.21. The summed E-state index contributed by atoms with van der Waals surface area (Å²) in [4.78, 5) is 6.11. The number of thioether (sulfide) groups is 1. The Morgan fingerprint density at radius 3 is 2.36 bits per heavy atom. The third-order valence-corrected chi connectivity index (χ3v) is 6.30. The van der Waals surface area contributed by atoms with E-state index < -0.39 is 0 Å². The van der Waals surface area contributed by atoms with Crippen LogP contribution < -0.4 is 9.88 Å². The number of unbranched alkanes of at least 4 members (excludes halogenated alkanes) is 1. The average molecular weight is 361 g/mol. The molecule has 0 bridgehead atoms. The van der Waals surface area contributed by atoms with E-state index in [0.29, 0.717) is 0 Å². The van der Waals surface area contributed by atoms with Crippen molar-refractivity contribution in [2.45, 2.75) is 83.6 Å². The highest BCUT2D eigenvalue weighted by atomic mass is 32.2. The summed E-state index contributed by atoms with van der Waals surface area (Å²) >= 11 is 2.02. The van der Waals surface area contributed by atoms with Gasteiger partial charge in [-0.1, -0.05) is 41.0 Å². The number of nitrogens with one attached hydrogen (secondary N) is 1. The molecule has 0 atom stereocenters. The van der Waals surface area contributed by atoms with Gasteiger partial charge in [0.15, 0.2) is 0 Å². The first-order valence-corrected chi connectivity index (χ1v) is 10.8. The number of anilines is 1. The first-order chi connectivity index (χ1) is 12.0. The van der Waals surface area contributed by atoms with Gasteiger partial charge in [-0.25, -0.2) is 4.98 Å². The fourth-order valence-electron chi connectivity index (χ4n) is 3.67. The molecule has 25 heavy (non-hydrogen) atoms. The second-order valence-corrected chi connectivity index (χ2v) is 9.39. The summed E-state index contributed by atoms with van der Waals surface area (Å²) in [5, 5.41) is 9.99. The third-order valence-electron chi connectivity index (χ3n) is 4.94. The zero-order chi connectivity index (χ0) is 18.4. The lowest BCUT2D eigenvalue weighted by Gasteiger charge is -2.32. The maximum Gasteiger partial charge on any atom is 0.293 e. The number of rotatable bonds is 8. The molecule has 4 heteroatoms. The van der Waals surface area contributed by atoms with Gasteiger partial charge in [-0.05, 0) is 31.2 Å². The van der Waals surface area contributed by atoms with E-state index in [1.807, 2.05) is 11.8 Å². The van der Waals surface area contributed by atoms with Crippen LogP contribution in [0, 0.1) is 11.3 Å². The molecule has 0 saturated heterocycles. The summed E-state index contributed by atoms with van der Waals surface area (Å²) in [6.45, 7) is 13.3. The number of pyridine rings is 1. The van der Waals surface area contributed by atoms with Crippen molar-refractivity contribution in [2.75, 3.05) is 18.0 Å². The summed E-state index contributed by atoms with van der Waals surface area (Å²) in [5.74, 6) is 2.09. The predicted molar refractivity (Wildman–Crippen MR) is 108 cm³/mol. The van der Waals surface area contributed by atoms with Gasteiger partial charge in [0, 0.05) is 22.5 Å². The average Bonchev–Trinajstić information content (AvgIpc) is 2.57. The van der Waals surface area contributed by atoms with Crippen LogP contribution in [-0.2, 0) is 18.6 Å². The number of nitrogens with zero attached hydrogens (tertiary/aromatic N) is 2. The lowest BCUT2D eigenvalue weighted by atomic mass is 9.91. The molecule has 0 unspecified atom stereocenters. The van der Waals surface area contributed by atoms with Crippen LogP contribution in [0.15, 0.2) is 0 Å². The molecule has 1 aromatic heterocycles. The van der Waals surface area contributed by atoms with E-state index in [1.165, 1.54) is 29.7 Å². The largest absolute Gasteiger partial charge is 0.293 e. The van der Waals surface area contributed by atoms with Crippen LogP contribution in [0.5, 0.6) is 0 Å². The van der Waals surface area contributed by atoms with E-state index in [9.17, 15) is 5.26 Å². The van der Waals surface area contributed by atoms with E-state index in [1.54, 1.807) is 0 Å². The van der Waals surface area contributed by atoms with Crippen LogP contribution in [0.1, 0.15) is 82.7 Å². The van der Waals surface area contributed by atoms with Crippen LogP contribution in [-0.4, -0.2) is 17.8 Å². The SMILES string of the molecule is CCCCc1[nH+]c(N(CCC)CCC)c(C#N)c2c1CSC(C)(C)C2. The van der Waals surface area contributed by atoms with Crippen molar-refractivity contribution < 1.29 is 4.98 Å². The topological polar surface area (TPSA) is 41.2 Å². The van der Waals surface area contributed by atoms with Crippen molar-refractivity contribution in [2.24, 2.45) is 0 Å². The van der Waals surface area contributed by atoms with Gasteiger partial charge in [-0.15, -0.1) is 0 Å². The Morgan fingerprint density at radius 2 is 1.80 bits per heavy atom. The molecular weight excluding hydrogens is 326 g/mol. The van der Waals surface area contributed by atoms with Crippen LogP contribution in [0.3, 0.4) is 0 Å². The fourth-order valence-corrected chi connectivity index (χ4v) is 4.80. The summed E-state index contributed by atoms with van der Waals surface area (Å²) in [6, 6.07) is 2.56. The number of fused-ring (bicyclic) bond motifs is 1. The van der Waals surface area contributed by atoms with E-state index in [4.69, 9.17) is 0 Å². The number of aryl methyl sites for hydroxylation is 1. The Morgan fingerprint density at radius 1 is 1.12 bits per heavy atom. The number of aromatic nitrogens is 1. The number of nitriles is 1. The third kappa shape index (κ3) is 4.70. The van der Waals surface area contributed by atoms with Gasteiger partial charge in [0.25, 0.3) is 5.82 Å². The van der Waals surface area contributed by atoms with Crippen LogP contribution in [0.4, 0.5) is 5.82 Å². The fraction of sp³-hybridized carbons (Fsp3) is 0.714. The molecule has 2 rings (SSSR count). The molecule has 3 nitrogen and oxygen atoms in total. The number of hydrogen-bond acceptors (Lipinski definition) is 3. The zero-order valence-corrected chi connectivity index (χ0v) is 17.5. The zero-order valence-electron chi connectivity index (χ0n) is 16.7. The highest BCUT2D eigenvalue weighted by Gasteiger charge is 2.34. The Kier molecular flexibility index (Phi) is 7.19. The Labute approximate surface area is 158 Å². The molecule has 1 aromatic rings. The molecule has 0 aromatic carbocycles. The van der Waals surface area contributed by atoms with Gasteiger partial charge in [-0.3, -0.25) is 4.90 Å². The minimum atomic E-state index is 0.208. The molecule has 0 amide bonds. The first kappa shape index (κ1) is 20.1.